The maximum absolute atomic E-state index is 13.8. The Labute approximate surface area is 151 Å². The molecule has 25 heavy (non-hydrogen) atoms. The second-order valence-electron chi connectivity index (χ2n) is 6.01. The molecule has 0 unspecified atom stereocenters. The molecule has 0 atom stereocenters. The fourth-order valence-electron chi connectivity index (χ4n) is 2.87. The molecular formula is C17H21FN2O3S2. The van der Waals surface area contributed by atoms with E-state index in [1.807, 2.05) is 19.1 Å². The van der Waals surface area contributed by atoms with Gasteiger partial charge in [-0.15, -0.1) is 11.3 Å². The lowest BCUT2D eigenvalue weighted by molar-refractivity contribution is 0.181. The topological polar surface area (TPSA) is 49.9 Å². The van der Waals surface area contributed by atoms with Crippen molar-refractivity contribution >= 4 is 21.4 Å². The van der Waals surface area contributed by atoms with Crippen molar-refractivity contribution < 1.29 is 17.5 Å². The van der Waals surface area contributed by atoms with Gasteiger partial charge in [-0.1, -0.05) is 6.07 Å². The quantitative estimate of drug-likeness (QED) is 0.795. The highest BCUT2D eigenvalue weighted by Gasteiger charge is 2.29. The van der Waals surface area contributed by atoms with Crippen molar-refractivity contribution in [2.75, 3.05) is 33.3 Å². The third kappa shape index (κ3) is 4.03. The predicted octanol–water partition coefficient (Wildman–Crippen LogP) is 2.71. The summed E-state index contributed by atoms with van der Waals surface area (Å²) in [5.41, 5.74) is 0.850. The van der Waals surface area contributed by atoms with Crippen molar-refractivity contribution in [3.8, 4) is 5.75 Å². The summed E-state index contributed by atoms with van der Waals surface area (Å²) in [6.45, 7) is 4.62. The SMILES string of the molecule is COc1ccc(CN2CCN(S(=O)(=O)c3ccc(C)s3)CC2)cc1F. The van der Waals surface area contributed by atoms with Gasteiger partial charge in [-0.25, -0.2) is 12.8 Å². The van der Waals surface area contributed by atoms with E-state index in [2.05, 4.69) is 4.90 Å². The molecule has 1 aliphatic heterocycles. The summed E-state index contributed by atoms with van der Waals surface area (Å²) in [7, 11) is -1.97. The van der Waals surface area contributed by atoms with Crippen molar-refractivity contribution in [1.82, 2.24) is 9.21 Å². The van der Waals surface area contributed by atoms with Gasteiger partial charge in [0.05, 0.1) is 7.11 Å². The van der Waals surface area contributed by atoms with Gasteiger partial charge in [0.25, 0.3) is 10.0 Å². The van der Waals surface area contributed by atoms with E-state index in [1.165, 1.54) is 28.8 Å². The summed E-state index contributed by atoms with van der Waals surface area (Å²) in [5, 5.41) is 0. The van der Waals surface area contributed by atoms with E-state index in [1.54, 1.807) is 12.1 Å². The van der Waals surface area contributed by atoms with Crippen LogP contribution in [0.5, 0.6) is 5.75 Å². The lowest BCUT2D eigenvalue weighted by atomic mass is 10.2. The van der Waals surface area contributed by atoms with Gasteiger partial charge in [0.2, 0.25) is 0 Å². The Morgan fingerprint density at radius 2 is 1.88 bits per heavy atom. The number of benzene rings is 1. The van der Waals surface area contributed by atoms with Crippen molar-refractivity contribution in [2.45, 2.75) is 17.7 Å². The molecule has 0 amide bonds. The molecule has 1 fully saturated rings. The van der Waals surface area contributed by atoms with Crippen LogP contribution in [-0.4, -0.2) is 50.9 Å². The van der Waals surface area contributed by atoms with E-state index in [9.17, 15) is 12.8 Å². The van der Waals surface area contributed by atoms with Crippen molar-refractivity contribution in [3.63, 3.8) is 0 Å². The average molecular weight is 384 g/mol. The average Bonchev–Trinajstić information content (AvgIpc) is 3.03. The first-order valence-electron chi connectivity index (χ1n) is 8.01. The first-order chi connectivity index (χ1) is 11.9. The van der Waals surface area contributed by atoms with Crippen LogP contribution in [0.2, 0.25) is 0 Å². The Morgan fingerprint density at radius 1 is 1.16 bits per heavy atom. The molecule has 0 spiro atoms. The number of methoxy groups -OCH3 is 1. The molecule has 0 radical (unpaired) electrons. The maximum Gasteiger partial charge on any atom is 0.252 e. The van der Waals surface area contributed by atoms with E-state index in [-0.39, 0.29) is 11.6 Å². The third-order valence-electron chi connectivity index (χ3n) is 4.26. The van der Waals surface area contributed by atoms with Gasteiger partial charge in [-0.05, 0) is 36.8 Å². The van der Waals surface area contributed by atoms with Crippen molar-refractivity contribution in [2.24, 2.45) is 0 Å². The summed E-state index contributed by atoms with van der Waals surface area (Å²) in [6.07, 6.45) is 0. The molecule has 136 valence electrons. The second kappa shape index (κ2) is 7.41. The molecule has 2 heterocycles. The van der Waals surface area contributed by atoms with E-state index in [4.69, 9.17) is 4.74 Å². The monoisotopic (exact) mass is 384 g/mol. The van der Waals surface area contributed by atoms with Gasteiger partial charge >= 0.3 is 0 Å². The molecule has 0 bridgehead atoms. The molecule has 3 rings (SSSR count). The molecule has 0 N–H and O–H groups in total. The van der Waals surface area contributed by atoms with E-state index >= 15 is 0 Å². The largest absolute Gasteiger partial charge is 0.494 e. The molecular weight excluding hydrogens is 363 g/mol. The Morgan fingerprint density at radius 3 is 2.44 bits per heavy atom. The van der Waals surface area contributed by atoms with Gasteiger partial charge in [0.1, 0.15) is 4.21 Å². The summed E-state index contributed by atoms with van der Waals surface area (Å²) >= 11 is 1.30. The van der Waals surface area contributed by atoms with Crippen LogP contribution in [0.1, 0.15) is 10.4 Å². The van der Waals surface area contributed by atoms with Gasteiger partial charge in [-0.2, -0.15) is 4.31 Å². The summed E-state index contributed by atoms with van der Waals surface area (Å²) in [4.78, 5) is 3.12. The van der Waals surface area contributed by atoms with Crippen LogP contribution in [0.3, 0.4) is 0 Å². The number of ether oxygens (including phenoxy) is 1. The van der Waals surface area contributed by atoms with E-state index in [0.29, 0.717) is 36.9 Å². The Hall–Kier alpha value is -1.48. The van der Waals surface area contributed by atoms with Gasteiger partial charge in [0.15, 0.2) is 11.6 Å². The van der Waals surface area contributed by atoms with Crippen LogP contribution in [0.25, 0.3) is 0 Å². The van der Waals surface area contributed by atoms with Crippen LogP contribution >= 0.6 is 11.3 Å². The summed E-state index contributed by atoms with van der Waals surface area (Å²) in [6, 6.07) is 8.41. The normalized spacial score (nSPS) is 16.9. The molecule has 1 aromatic carbocycles. The Balaban J connectivity index is 1.61. The van der Waals surface area contributed by atoms with Crippen LogP contribution in [-0.2, 0) is 16.6 Å². The Kier molecular flexibility index (Phi) is 5.43. The smallest absolute Gasteiger partial charge is 0.252 e. The summed E-state index contributed by atoms with van der Waals surface area (Å²) in [5.74, 6) is -0.153. The lowest BCUT2D eigenvalue weighted by Crippen LogP contribution is -2.48. The number of aryl methyl sites for hydroxylation is 1. The molecule has 8 heteroatoms. The van der Waals surface area contributed by atoms with Crippen LogP contribution in [0.4, 0.5) is 4.39 Å². The minimum absolute atomic E-state index is 0.228. The van der Waals surface area contributed by atoms with Crippen molar-refractivity contribution in [3.05, 3.63) is 46.6 Å². The molecule has 5 nitrogen and oxygen atoms in total. The number of sulfonamides is 1. The van der Waals surface area contributed by atoms with Gasteiger partial charge in [0, 0.05) is 37.6 Å². The zero-order chi connectivity index (χ0) is 18.0. The zero-order valence-electron chi connectivity index (χ0n) is 14.2. The number of piperazine rings is 1. The van der Waals surface area contributed by atoms with E-state index in [0.717, 1.165) is 10.4 Å². The number of thiophene rings is 1. The van der Waals surface area contributed by atoms with Crippen LogP contribution in [0.15, 0.2) is 34.5 Å². The van der Waals surface area contributed by atoms with Gasteiger partial charge in [-0.3, -0.25) is 4.90 Å². The molecule has 0 aliphatic carbocycles. The fourth-order valence-corrected chi connectivity index (χ4v) is 5.73. The number of nitrogens with zero attached hydrogens (tertiary/aromatic N) is 2. The highest BCUT2D eigenvalue weighted by molar-refractivity contribution is 7.91. The highest BCUT2D eigenvalue weighted by Crippen LogP contribution is 2.25. The number of rotatable bonds is 5. The first-order valence-corrected chi connectivity index (χ1v) is 10.3. The minimum Gasteiger partial charge on any atom is -0.494 e. The van der Waals surface area contributed by atoms with E-state index < -0.39 is 10.0 Å². The number of hydrogen-bond donors (Lipinski definition) is 0. The predicted molar refractivity (Wildman–Crippen MR) is 96.0 cm³/mol. The first kappa shape index (κ1) is 18.3. The molecule has 0 saturated carbocycles. The second-order valence-corrected chi connectivity index (χ2v) is 9.47. The molecule has 2 aromatic rings. The van der Waals surface area contributed by atoms with Gasteiger partial charge < -0.3 is 4.74 Å². The molecule has 1 aliphatic rings. The van der Waals surface area contributed by atoms with Crippen molar-refractivity contribution in [1.29, 1.82) is 0 Å². The highest BCUT2D eigenvalue weighted by atomic mass is 32.2. The standard InChI is InChI=1S/C17H21FN2O3S2/c1-13-3-6-17(24-13)25(21,22)20-9-7-19(8-10-20)12-14-4-5-16(23-2)15(18)11-14/h3-6,11H,7-10,12H2,1-2H3. The molecule has 1 saturated heterocycles. The van der Waals surface area contributed by atoms with Crippen LogP contribution in [0, 0.1) is 12.7 Å². The third-order valence-corrected chi connectivity index (χ3v) is 7.63. The fraction of sp³-hybridized carbons (Fsp3) is 0.412. The number of hydrogen-bond acceptors (Lipinski definition) is 5. The lowest BCUT2D eigenvalue weighted by Gasteiger charge is -2.33. The number of halogens is 1. The Bertz CT molecular complexity index is 843. The summed E-state index contributed by atoms with van der Waals surface area (Å²) < 4.78 is 45.9. The minimum atomic E-state index is -3.40. The maximum atomic E-state index is 13.8. The molecule has 1 aromatic heterocycles. The van der Waals surface area contributed by atoms with Crippen LogP contribution < -0.4 is 4.74 Å². The zero-order valence-corrected chi connectivity index (χ0v) is 15.9.